The molecule has 0 radical (unpaired) electrons. The van der Waals surface area contributed by atoms with Crippen LogP contribution in [0.1, 0.15) is 63.5 Å². The third-order valence-electron chi connectivity index (χ3n) is 9.28. The highest BCUT2D eigenvalue weighted by Crippen LogP contribution is 2.62. The van der Waals surface area contributed by atoms with Crippen LogP contribution in [0.25, 0.3) is 17.2 Å². The standard InChI is InChI=1S/C33H38N2O7/c1-19(2)29(30(38)35(3)32(40)41)34-31(39)42-27-10-9-25(24-7-4-20(5-8-24)6-11-28(36)37)15-26(27)33-16-21-12-22(17-33)14-23(13-21)18-33/h4-11,15,19,21-23,29H,12-14,16-18H2,1-3H3,(H,34,39)(H,36,37)(H,40,41)/b11-6+/t21?,22?,23?,29-,33?/m0/s1. The summed E-state index contributed by atoms with van der Waals surface area (Å²) in [6.07, 6.45) is 7.39. The summed E-state index contributed by atoms with van der Waals surface area (Å²) in [5, 5.41) is 20.8. The van der Waals surface area contributed by atoms with Crippen molar-refractivity contribution in [2.24, 2.45) is 23.7 Å². The quantitative estimate of drug-likeness (QED) is 0.321. The number of nitrogens with one attached hydrogen (secondary N) is 1. The number of hydrogen-bond donors (Lipinski definition) is 3. The average Bonchev–Trinajstić information content (AvgIpc) is 2.93. The fraction of sp³-hybridized carbons (Fsp3) is 0.455. The van der Waals surface area contributed by atoms with Gasteiger partial charge in [-0.05, 0) is 103 Å². The summed E-state index contributed by atoms with van der Waals surface area (Å²) >= 11 is 0. The fourth-order valence-electron chi connectivity index (χ4n) is 7.68. The molecule has 0 heterocycles. The molecule has 2 aromatic carbocycles. The Hall–Kier alpha value is -4.14. The summed E-state index contributed by atoms with van der Waals surface area (Å²) < 4.78 is 5.94. The van der Waals surface area contributed by atoms with Crippen molar-refractivity contribution in [3.63, 3.8) is 0 Å². The van der Waals surface area contributed by atoms with Crippen molar-refractivity contribution in [2.75, 3.05) is 7.05 Å². The fourth-order valence-corrected chi connectivity index (χ4v) is 7.68. The van der Waals surface area contributed by atoms with E-state index in [0.717, 1.165) is 54.6 Å². The lowest BCUT2D eigenvalue weighted by atomic mass is 9.48. The number of imide groups is 1. The van der Waals surface area contributed by atoms with E-state index in [9.17, 15) is 24.3 Å². The lowest BCUT2D eigenvalue weighted by Gasteiger charge is -2.57. The minimum atomic E-state index is -1.40. The van der Waals surface area contributed by atoms with Gasteiger partial charge in [0.15, 0.2) is 0 Å². The normalized spacial score (nSPS) is 24.9. The number of aliphatic carboxylic acids is 1. The lowest BCUT2D eigenvalue weighted by Crippen LogP contribution is -2.52. The number of carbonyl (C=O) groups is 4. The molecule has 6 rings (SSSR count). The Balaban J connectivity index is 1.46. The Morgan fingerprint density at radius 1 is 0.929 bits per heavy atom. The maximum Gasteiger partial charge on any atom is 0.413 e. The molecule has 4 fully saturated rings. The summed E-state index contributed by atoms with van der Waals surface area (Å²) in [7, 11) is 1.16. The van der Waals surface area contributed by atoms with Crippen LogP contribution < -0.4 is 10.1 Å². The predicted molar refractivity (Wildman–Crippen MR) is 157 cm³/mol. The Bertz CT molecular complexity index is 1380. The first-order chi connectivity index (χ1) is 19.9. The second kappa shape index (κ2) is 11.6. The first-order valence-electron chi connectivity index (χ1n) is 14.6. The van der Waals surface area contributed by atoms with Crippen LogP contribution >= 0.6 is 0 Å². The molecule has 4 saturated carbocycles. The maximum atomic E-state index is 13.2. The highest BCUT2D eigenvalue weighted by molar-refractivity contribution is 5.95. The highest BCUT2D eigenvalue weighted by Gasteiger charge is 2.52. The summed E-state index contributed by atoms with van der Waals surface area (Å²) in [6, 6.07) is 12.4. The molecule has 9 heteroatoms. The van der Waals surface area contributed by atoms with Gasteiger partial charge in [0.05, 0.1) is 0 Å². The number of carboxylic acids is 1. The molecule has 3 N–H and O–H groups in total. The molecule has 4 aliphatic carbocycles. The Morgan fingerprint density at radius 2 is 1.50 bits per heavy atom. The number of nitrogens with zero attached hydrogens (tertiary/aromatic N) is 1. The summed E-state index contributed by atoms with van der Waals surface area (Å²) in [4.78, 5) is 48.8. The van der Waals surface area contributed by atoms with Crippen LogP contribution in [0.3, 0.4) is 0 Å². The van der Waals surface area contributed by atoms with Crippen molar-refractivity contribution in [3.05, 3.63) is 59.7 Å². The molecule has 222 valence electrons. The van der Waals surface area contributed by atoms with Crippen LogP contribution in [-0.4, -0.2) is 52.3 Å². The number of carbonyl (C=O) groups excluding carboxylic acids is 2. The zero-order chi connectivity index (χ0) is 30.2. The van der Waals surface area contributed by atoms with Crippen LogP contribution in [0.2, 0.25) is 0 Å². The van der Waals surface area contributed by atoms with E-state index < -0.39 is 30.1 Å². The van der Waals surface area contributed by atoms with Crippen molar-refractivity contribution in [2.45, 2.75) is 63.8 Å². The van der Waals surface area contributed by atoms with E-state index >= 15 is 0 Å². The Morgan fingerprint density at radius 3 is 2.02 bits per heavy atom. The summed E-state index contributed by atoms with van der Waals surface area (Å²) in [6.45, 7) is 3.47. The number of benzene rings is 2. The molecule has 0 unspecified atom stereocenters. The van der Waals surface area contributed by atoms with Crippen molar-refractivity contribution in [3.8, 4) is 16.9 Å². The monoisotopic (exact) mass is 574 g/mol. The first kappa shape index (κ1) is 29.4. The molecular formula is C33H38N2O7. The molecular weight excluding hydrogens is 536 g/mol. The van der Waals surface area contributed by atoms with Gasteiger partial charge in [0.2, 0.25) is 0 Å². The van der Waals surface area contributed by atoms with Gasteiger partial charge in [-0.3, -0.25) is 4.79 Å². The molecule has 9 nitrogen and oxygen atoms in total. The number of ether oxygens (including phenoxy) is 1. The lowest BCUT2D eigenvalue weighted by molar-refractivity contribution is -0.132. The van der Waals surface area contributed by atoms with Crippen molar-refractivity contribution < 1.29 is 34.1 Å². The molecule has 1 atom stereocenters. The number of amides is 3. The van der Waals surface area contributed by atoms with E-state index in [1.54, 1.807) is 19.9 Å². The zero-order valence-electron chi connectivity index (χ0n) is 24.2. The second-order valence-corrected chi connectivity index (χ2v) is 12.6. The molecule has 2 aromatic rings. The summed E-state index contributed by atoms with van der Waals surface area (Å²) in [5.41, 5.74) is 3.62. The van der Waals surface area contributed by atoms with E-state index in [2.05, 4.69) is 11.4 Å². The van der Waals surface area contributed by atoms with Crippen molar-refractivity contribution >= 4 is 30.1 Å². The van der Waals surface area contributed by atoms with Gasteiger partial charge in [-0.25, -0.2) is 19.3 Å². The van der Waals surface area contributed by atoms with Crippen LogP contribution in [0.5, 0.6) is 5.75 Å². The van der Waals surface area contributed by atoms with E-state index in [1.807, 2.05) is 36.4 Å². The van der Waals surface area contributed by atoms with Gasteiger partial charge in [-0.15, -0.1) is 0 Å². The van der Waals surface area contributed by atoms with Gasteiger partial charge in [-0.2, -0.15) is 0 Å². The van der Waals surface area contributed by atoms with Crippen LogP contribution in [0.4, 0.5) is 9.59 Å². The Kier molecular flexibility index (Phi) is 8.12. The molecule has 3 amide bonds. The minimum Gasteiger partial charge on any atom is -0.478 e. The van der Waals surface area contributed by atoms with Gasteiger partial charge < -0.3 is 20.3 Å². The zero-order valence-corrected chi connectivity index (χ0v) is 24.2. The smallest absolute Gasteiger partial charge is 0.413 e. The molecule has 4 aliphatic rings. The third kappa shape index (κ3) is 6.05. The van der Waals surface area contributed by atoms with Crippen LogP contribution in [0.15, 0.2) is 48.5 Å². The predicted octanol–water partition coefficient (Wildman–Crippen LogP) is 6.17. The third-order valence-corrected chi connectivity index (χ3v) is 9.28. The molecule has 0 aromatic heterocycles. The average molecular weight is 575 g/mol. The van der Waals surface area contributed by atoms with Gasteiger partial charge in [0, 0.05) is 18.7 Å². The van der Waals surface area contributed by atoms with Gasteiger partial charge in [-0.1, -0.05) is 44.2 Å². The van der Waals surface area contributed by atoms with Crippen LogP contribution in [-0.2, 0) is 15.0 Å². The molecule has 0 aliphatic heterocycles. The molecule has 0 spiro atoms. The van der Waals surface area contributed by atoms with Crippen molar-refractivity contribution in [1.29, 1.82) is 0 Å². The van der Waals surface area contributed by atoms with Crippen molar-refractivity contribution in [1.82, 2.24) is 10.2 Å². The molecule has 42 heavy (non-hydrogen) atoms. The number of likely N-dealkylation sites (N-methyl/N-ethyl adjacent to an activating group) is 1. The van der Waals surface area contributed by atoms with Gasteiger partial charge >= 0.3 is 18.2 Å². The van der Waals surface area contributed by atoms with E-state index in [-0.39, 0.29) is 11.3 Å². The van der Waals surface area contributed by atoms with E-state index in [4.69, 9.17) is 9.84 Å². The Labute approximate surface area is 245 Å². The molecule has 0 saturated heterocycles. The summed E-state index contributed by atoms with van der Waals surface area (Å²) in [5.74, 6) is 0.361. The van der Waals surface area contributed by atoms with Gasteiger partial charge in [0.1, 0.15) is 11.8 Å². The number of rotatable bonds is 8. The highest BCUT2D eigenvalue weighted by atomic mass is 16.6. The second-order valence-electron chi connectivity index (χ2n) is 12.6. The van der Waals surface area contributed by atoms with Crippen LogP contribution in [0, 0.1) is 23.7 Å². The SMILES string of the molecule is CC(C)[C@H](NC(=O)Oc1ccc(-c2ccc(/C=C/C(=O)O)cc2)cc1C12CC3CC(CC(C3)C1)C2)C(=O)N(C)C(=O)O. The number of carboxylic acid groups (broad SMARTS) is 2. The van der Waals surface area contributed by atoms with Gasteiger partial charge in [0.25, 0.3) is 5.91 Å². The molecule has 4 bridgehead atoms. The minimum absolute atomic E-state index is 0.0959. The maximum absolute atomic E-state index is 13.2. The largest absolute Gasteiger partial charge is 0.478 e. The van der Waals surface area contributed by atoms with E-state index in [0.29, 0.717) is 28.4 Å². The number of hydrogen-bond acceptors (Lipinski definition) is 5. The van der Waals surface area contributed by atoms with E-state index in [1.165, 1.54) is 19.3 Å². The topological polar surface area (TPSA) is 133 Å². The first-order valence-corrected chi connectivity index (χ1v) is 14.6.